The van der Waals surface area contributed by atoms with E-state index in [1.807, 2.05) is 36.4 Å². The molecule has 7 heteroatoms. The average Bonchev–Trinajstić information content (AvgIpc) is 3.07. The molecule has 0 saturated carbocycles. The monoisotopic (exact) mass is 424 g/mol. The Bertz CT molecular complexity index is 926. The van der Waals surface area contributed by atoms with Gasteiger partial charge in [-0.3, -0.25) is 4.79 Å². The number of carbonyl (C=O) groups is 3. The molecule has 3 N–H and O–H groups in total. The fourth-order valence-corrected chi connectivity index (χ4v) is 3.90. The molecule has 1 aliphatic carbocycles. The molecule has 0 spiro atoms. The van der Waals surface area contributed by atoms with Gasteiger partial charge in [-0.05, 0) is 34.6 Å². The molecule has 0 radical (unpaired) electrons. The largest absolute Gasteiger partial charge is 0.480 e. The normalized spacial score (nSPS) is 14.3. The van der Waals surface area contributed by atoms with Gasteiger partial charge >= 0.3 is 12.1 Å². The highest BCUT2D eigenvalue weighted by Gasteiger charge is 2.31. The van der Waals surface area contributed by atoms with Crippen LogP contribution in [-0.4, -0.2) is 41.8 Å². The van der Waals surface area contributed by atoms with Crippen LogP contribution in [0.1, 0.15) is 44.2 Å². The van der Waals surface area contributed by atoms with Gasteiger partial charge in [0, 0.05) is 5.92 Å². The van der Waals surface area contributed by atoms with E-state index in [0.29, 0.717) is 0 Å². The van der Waals surface area contributed by atoms with Gasteiger partial charge in [-0.25, -0.2) is 9.59 Å². The van der Waals surface area contributed by atoms with Gasteiger partial charge in [0.05, 0.1) is 0 Å². The third kappa shape index (κ3) is 4.87. The first-order valence-corrected chi connectivity index (χ1v) is 10.5. The molecule has 0 aliphatic heterocycles. The van der Waals surface area contributed by atoms with Crippen LogP contribution in [0.4, 0.5) is 4.79 Å². The van der Waals surface area contributed by atoms with Crippen LogP contribution in [0, 0.1) is 5.92 Å². The lowest BCUT2D eigenvalue weighted by molar-refractivity contribution is -0.142. The number of hydrogen-bond acceptors (Lipinski definition) is 4. The molecule has 2 atom stereocenters. The van der Waals surface area contributed by atoms with Crippen molar-refractivity contribution in [3.63, 3.8) is 0 Å². The van der Waals surface area contributed by atoms with Gasteiger partial charge in [0.2, 0.25) is 5.91 Å². The van der Waals surface area contributed by atoms with E-state index in [9.17, 15) is 14.4 Å². The van der Waals surface area contributed by atoms with Crippen molar-refractivity contribution in [2.24, 2.45) is 5.92 Å². The summed E-state index contributed by atoms with van der Waals surface area (Å²) < 4.78 is 5.50. The Morgan fingerprint density at radius 3 is 2.00 bits per heavy atom. The highest BCUT2D eigenvalue weighted by Crippen LogP contribution is 2.44. The highest BCUT2D eigenvalue weighted by molar-refractivity contribution is 5.89. The number of carboxylic acids is 1. The number of rotatable bonds is 8. The summed E-state index contributed by atoms with van der Waals surface area (Å²) in [5, 5.41) is 14.2. The molecule has 1 unspecified atom stereocenters. The van der Waals surface area contributed by atoms with Crippen LogP contribution in [0.2, 0.25) is 0 Å². The first-order valence-electron chi connectivity index (χ1n) is 10.5. The molecular formula is C24H28N2O5. The summed E-state index contributed by atoms with van der Waals surface area (Å²) in [6, 6.07) is 14.2. The van der Waals surface area contributed by atoms with E-state index < -0.39 is 30.1 Å². The maximum absolute atomic E-state index is 12.5. The Balaban J connectivity index is 1.66. The van der Waals surface area contributed by atoms with E-state index in [1.54, 1.807) is 20.8 Å². The van der Waals surface area contributed by atoms with Gasteiger partial charge in [0.25, 0.3) is 0 Å². The van der Waals surface area contributed by atoms with Gasteiger partial charge < -0.3 is 20.5 Å². The van der Waals surface area contributed by atoms with Crippen LogP contribution >= 0.6 is 0 Å². The molecule has 2 aromatic rings. The topological polar surface area (TPSA) is 105 Å². The minimum atomic E-state index is -1.11. The average molecular weight is 424 g/mol. The third-order valence-electron chi connectivity index (χ3n) is 5.59. The van der Waals surface area contributed by atoms with Crippen molar-refractivity contribution in [1.29, 1.82) is 0 Å². The zero-order valence-corrected chi connectivity index (χ0v) is 17.9. The van der Waals surface area contributed by atoms with E-state index in [-0.39, 0.29) is 24.9 Å². The van der Waals surface area contributed by atoms with Crippen molar-refractivity contribution < 1.29 is 24.2 Å². The lowest BCUT2D eigenvalue weighted by Crippen LogP contribution is -2.53. The first kappa shape index (κ1) is 22.3. The number of aliphatic carboxylic acids is 1. The lowest BCUT2D eigenvalue weighted by atomic mass is 9.98. The van der Waals surface area contributed by atoms with Crippen molar-refractivity contribution >= 4 is 18.0 Å². The Labute approximate surface area is 181 Å². The molecule has 164 valence electrons. The zero-order chi connectivity index (χ0) is 22.5. The Morgan fingerprint density at radius 2 is 1.52 bits per heavy atom. The summed E-state index contributed by atoms with van der Waals surface area (Å²) in [7, 11) is 0. The summed E-state index contributed by atoms with van der Waals surface area (Å²) in [6.45, 7) is 5.35. The number of nitrogens with one attached hydrogen (secondary N) is 2. The summed E-state index contributed by atoms with van der Waals surface area (Å²) in [5.41, 5.74) is 4.46. The number of hydrogen-bond donors (Lipinski definition) is 3. The highest BCUT2D eigenvalue weighted by atomic mass is 16.5. The van der Waals surface area contributed by atoms with Gasteiger partial charge in [-0.2, -0.15) is 0 Å². The van der Waals surface area contributed by atoms with Gasteiger partial charge in [-0.1, -0.05) is 69.3 Å². The van der Waals surface area contributed by atoms with Gasteiger partial charge in [-0.15, -0.1) is 0 Å². The van der Waals surface area contributed by atoms with Crippen molar-refractivity contribution in [2.75, 3.05) is 6.61 Å². The molecule has 3 rings (SSSR count). The third-order valence-corrected chi connectivity index (χ3v) is 5.59. The molecule has 0 saturated heterocycles. The first-order chi connectivity index (χ1) is 14.8. The standard InChI is InChI=1S/C24H28N2O5/c1-4-20(23(28)29)25-22(27)21(14(2)3)26-24(30)31-13-19-17-11-7-5-9-15(17)16-10-6-8-12-18(16)19/h5-12,14,19-21H,4,13H2,1-3H3,(H,25,27)(H,26,30)(H,28,29)/t20-,21?/m0/s1. The fraction of sp³-hybridized carbons (Fsp3) is 0.375. The summed E-state index contributed by atoms with van der Waals surface area (Å²) in [6.07, 6.45) is -0.462. The van der Waals surface area contributed by atoms with Crippen molar-refractivity contribution in [2.45, 2.75) is 45.2 Å². The van der Waals surface area contributed by atoms with Crippen molar-refractivity contribution in [3.8, 4) is 11.1 Å². The van der Waals surface area contributed by atoms with E-state index >= 15 is 0 Å². The number of ether oxygens (including phenoxy) is 1. The van der Waals surface area contributed by atoms with Gasteiger partial charge in [0.15, 0.2) is 0 Å². The maximum atomic E-state index is 12.5. The molecule has 0 heterocycles. The fourth-order valence-electron chi connectivity index (χ4n) is 3.90. The number of carboxylic acid groups (broad SMARTS) is 1. The molecular weight excluding hydrogens is 396 g/mol. The van der Waals surface area contributed by atoms with E-state index in [4.69, 9.17) is 9.84 Å². The van der Waals surface area contributed by atoms with Crippen LogP contribution in [0.25, 0.3) is 11.1 Å². The quantitative estimate of drug-likeness (QED) is 0.601. The Kier molecular flexibility index (Phi) is 6.95. The van der Waals surface area contributed by atoms with Crippen LogP contribution in [0.15, 0.2) is 48.5 Å². The molecule has 2 amide bonds. The molecule has 1 aliphatic rings. The van der Waals surface area contributed by atoms with Crippen molar-refractivity contribution in [3.05, 3.63) is 59.7 Å². The Morgan fingerprint density at radius 1 is 0.968 bits per heavy atom. The maximum Gasteiger partial charge on any atom is 0.407 e. The molecule has 0 fully saturated rings. The predicted octanol–water partition coefficient (Wildman–Crippen LogP) is 3.53. The predicted molar refractivity (Wildman–Crippen MR) is 117 cm³/mol. The number of alkyl carbamates (subject to hydrolysis) is 1. The SMILES string of the molecule is CC[C@H](NC(=O)C(NC(=O)OCC1c2ccccc2-c2ccccc21)C(C)C)C(=O)O. The zero-order valence-electron chi connectivity index (χ0n) is 17.9. The molecule has 2 aromatic carbocycles. The van der Waals surface area contributed by atoms with Crippen LogP contribution < -0.4 is 10.6 Å². The number of carbonyl (C=O) groups excluding carboxylic acids is 2. The number of benzene rings is 2. The smallest absolute Gasteiger partial charge is 0.407 e. The van der Waals surface area contributed by atoms with Gasteiger partial charge in [0.1, 0.15) is 18.7 Å². The van der Waals surface area contributed by atoms with E-state index in [2.05, 4.69) is 22.8 Å². The van der Waals surface area contributed by atoms with Crippen molar-refractivity contribution in [1.82, 2.24) is 10.6 Å². The number of amides is 2. The number of fused-ring (bicyclic) bond motifs is 3. The minimum absolute atomic E-state index is 0.0824. The summed E-state index contributed by atoms with van der Waals surface area (Å²) in [5.74, 6) is -1.98. The summed E-state index contributed by atoms with van der Waals surface area (Å²) >= 11 is 0. The second-order valence-electron chi connectivity index (χ2n) is 8.00. The lowest BCUT2D eigenvalue weighted by Gasteiger charge is -2.24. The second kappa shape index (κ2) is 9.64. The van der Waals surface area contributed by atoms with Crippen LogP contribution in [-0.2, 0) is 14.3 Å². The molecule has 31 heavy (non-hydrogen) atoms. The van der Waals surface area contributed by atoms with Crippen LogP contribution in [0.5, 0.6) is 0 Å². The molecule has 0 bridgehead atoms. The van der Waals surface area contributed by atoms with E-state index in [0.717, 1.165) is 22.3 Å². The molecule has 0 aromatic heterocycles. The summed E-state index contributed by atoms with van der Waals surface area (Å²) in [4.78, 5) is 36.2. The Hall–Kier alpha value is -3.35. The molecule has 7 nitrogen and oxygen atoms in total. The second-order valence-corrected chi connectivity index (χ2v) is 8.00. The minimum Gasteiger partial charge on any atom is -0.480 e. The van der Waals surface area contributed by atoms with E-state index in [1.165, 1.54) is 0 Å². The van der Waals surface area contributed by atoms with Crippen LogP contribution in [0.3, 0.4) is 0 Å².